The van der Waals surface area contributed by atoms with Crippen LogP contribution < -0.4 is 5.46 Å². The van der Waals surface area contributed by atoms with Crippen LogP contribution in [0.15, 0.2) is 66.7 Å². The zero-order valence-electron chi connectivity index (χ0n) is 16.9. The Kier molecular flexibility index (Phi) is 5.09. The van der Waals surface area contributed by atoms with Gasteiger partial charge in [-0.15, -0.1) is 0 Å². The fourth-order valence-electron chi connectivity index (χ4n) is 4.25. The first-order chi connectivity index (χ1) is 12.3. The maximum Gasteiger partial charge on any atom is 0.140 e. The topological polar surface area (TPSA) is 0 Å². The summed E-state index contributed by atoms with van der Waals surface area (Å²) in [5.41, 5.74) is 9.61. The maximum atomic E-state index is 2.34. The van der Waals surface area contributed by atoms with Crippen molar-refractivity contribution in [3.8, 4) is 11.1 Å². The summed E-state index contributed by atoms with van der Waals surface area (Å²) in [6, 6.07) is 24.4. The van der Waals surface area contributed by atoms with Gasteiger partial charge in [0.25, 0.3) is 0 Å². The first-order valence-corrected chi connectivity index (χ1v) is 9.59. The third-order valence-electron chi connectivity index (χ3n) is 5.71. The van der Waals surface area contributed by atoms with Gasteiger partial charge in [0.15, 0.2) is 0 Å². The van der Waals surface area contributed by atoms with Crippen LogP contribution in [-0.4, -0.2) is 7.85 Å². The van der Waals surface area contributed by atoms with Crippen molar-refractivity contribution in [2.45, 2.75) is 46.0 Å². The molecular weight excluding hydrogens is 311 g/mol. The van der Waals surface area contributed by atoms with E-state index in [1.54, 1.807) is 0 Å². The highest BCUT2D eigenvalue weighted by atomic mass is 14.3. The van der Waals surface area contributed by atoms with E-state index in [4.69, 9.17) is 0 Å². The van der Waals surface area contributed by atoms with E-state index in [0.29, 0.717) is 5.92 Å². The molecule has 0 atom stereocenters. The van der Waals surface area contributed by atoms with E-state index in [9.17, 15) is 0 Å². The maximum absolute atomic E-state index is 2.34. The minimum absolute atomic E-state index is 0.0534. The Morgan fingerprint density at radius 3 is 1.96 bits per heavy atom. The van der Waals surface area contributed by atoms with E-state index < -0.39 is 0 Å². The standard InChI is InChI=1S/C25H29B/c1-17(2)19-13-10-14-21(24(19)26)20-12-7-9-16-23(20)25(4,5)22-15-8-6-11-18(22)3/h6-17H,26H2,1-5H3. The van der Waals surface area contributed by atoms with Gasteiger partial charge in [-0.3, -0.25) is 0 Å². The number of hydrogen-bond donors (Lipinski definition) is 0. The zero-order valence-corrected chi connectivity index (χ0v) is 16.9. The van der Waals surface area contributed by atoms with Crippen LogP contribution in [0, 0.1) is 6.92 Å². The summed E-state index contributed by atoms with van der Waals surface area (Å²) in [6.45, 7) is 11.4. The molecule has 3 aromatic rings. The Balaban J connectivity index is 2.23. The summed E-state index contributed by atoms with van der Waals surface area (Å²) in [5.74, 6) is 0.534. The van der Waals surface area contributed by atoms with Crippen LogP contribution in [0.3, 0.4) is 0 Å². The predicted octanol–water partition coefficient (Wildman–Crippen LogP) is 5.37. The minimum Gasteiger partial charge on any atom is -0.0779 e. The zero-order chi connectivity index (χ0) is 18.9. The van der Waals surface area contributed by atoms with Crippen LogP contribution >= 0.6 is 0 Å². The first kappa shape index (κ1) is 18.5. The number of rotatable bonds is 4. The third kappa shape index (κ3) is 3.23. The number of hydrogen-bond acceptors (Lipinski definition) is 0. The van der Waals surface area contributed by atoms with Crippen molar-refractivity contribution >= 4 is 13.3 Å². The van der Waals surface area contributed by atoms with Crippen LogP contribution in [0.5, 0.6) is 0 Å². The second-order valence-corrected chi connectivity index (χ2v) is 8.16. The van der Waals surface area contributed by atoms with Gasteiger partial charge in [0.2, 0.25) is 0 Å². The quantitative estimate of drug-likeness (QED) is 0.560. The smallest absolute Gasteiger partial charge is 0.0779 e. The molecular formula is C25H29B. The van der Waals surface area contributed by atoms with Crippen LogP contribution in [0.1, 0.15) is 55.9 Å². The summed E-state index contributed by atoms with van der Waals surface area (Å²) < 4.78 is 0. The van der Waals surface area contributed by atoms with Gasteiger partial charge in [-0.25, -0.2) is 0 Å². The highest BCUT2D eigenvalue weighted by molar-refractivity contribution is 6.37. The van der Waals surface area contributed by atoms with Gasteiger partial charge in [-0.2, -0.15) is 0 Å². The Morgan fingerprint density at radius 2 is 1.31 bits per heavy atom. The van der Waals surface area contributed by atoms with E-state index >= 15 is 0 Å². The molecule has 0 aliphatic rings. The van der Waals surface area contributed by atoms with Crippen LogP contribution in [-0.2, 0) is 5.41 Å². The van der Waals surface area contributed by atoms with Crippen LogP contribution in [0.2, 0.25) is 0 Å². The molecule has 0 bridgehead atoms. The van der Waals surface area contributed by atoms with E-state index in [0.717, 1.165) is 0 Å². The highest BCUT2D eigenvalue weighted by Crippen LogP contribution is 2.39. The van der Waals surface area contributed by atoms with Crippen molar-refractivity contribution in [1.29, 1.82) is 0 Å². The minimum atomic E-state index is -0.0534. The molecule has 1 heteroatoms. The molecule has 3 aromatic carbocycles. The number of benzene rings is 3. The Morgan fingerprint density at radius 1 is 0.731 bits per heavy atom. The van der Waals surface area contributed by atoms with Gasteiger partial charge in [-0.1, -0.05) is 105 Å². The summed E-state index contributed by atoms with van der Waals surface area (Å²) in [7, 11) is 2.27. The van der Waals surface area contributed by atoms with E-state index in [-0.39, 0.29) is 5.41 Å². The Hall–Kier alpha value is -2.28. The van der Waals surface area contributed by atoms with Crippen molar-refractivity contribution in [2.75, 3.05) is 0 Å². The molecule has 0 aromatic heterocycles. The molecule has 0 spiro atoms. The van der Waals surface area contributed by atoms with Gasteiger partial charge in [-0.05, 0) is 40.7 Å². The van der Waals surface area contributed by atoms with Crippen LogP contribution in [0.4, 0.5) is 0 Å². The number of aryl methyl sites for hydroxylation is 1. The normalized spacial score (nSPS) is 11.8. The molecule has 0 heterocycles. The third-order valence-corrected chi connectivity index (χ3v) is 5.71. The molecule has 26 heavy (non-hydrogen) atoms. The second-order valence-electron chi connectivity index (χ2n) is 8.16. The van der Waals surface area contributed by atoms with Crippen molar-refractivity contribution in [1.82, 2.24) is 0 Å². The average Bonchev–Trinajstić information content (AvgIpc) is 2.62. The summed E-state index contributed by atoms with van der Waals surface area (Å²) in [4.78, 5) is 0. The molecule has 132 valence electrons. The lowest BCUT2D eigenvalue weighted by atomic mass is 9.71. The van der Waals surface area contributed by atoms with Gasteiger partial charge >= 0.3 is 0 Å². The monoisotopic (exact) mass is 340 g/mol. The first-order valence-electron chi connectivity index (χ1n) is 9.59. The van der Waals surface area contributed by atoms with Gasteiger partial charge in [0.05, 0.1) is 0 Å². The van der Waals surface area contributed by atoms with Gasteiger partial charge in [0.1, 0.15) is 7.85 Å². The lowest BCUT2D eigenvalue weighted by Crippen LogP contribution is -2.23. The van der Waals surface area contributed by atoms with E-state index in [2.05, 4.69) is 109 Å². The SMILES string of the molecule is Bc1c(-c2ccccc2C(C)(C)c2ccccc2C)cccc1C(C)C. The van der Waals surface area contributed by atoms with Crippen molar-refractivity contribution in [2.24, 2.45) is 0 Å². The summed E-state index contributed by atoms with van der Waals surface area (Å²) in [5, 5.41) is 0. The lowest BCUT2D eigenvalue weighted by molar-refractivity contribution is 0.638. The summed E-state index contributed by atoms with van der Waals surface area (Å²) in [6.07, 6.45) is 0. The lowest BCUT2D eigenvalue weighted by Gasteiger charge is -2.31. The fourth-order valence-corrected chi connectivity index (χ4v) is 4.25. The molecule has 0 aliphatic heterocycles. The van der Waals surface area contributed by atoms with E-state index in [1.807, 2.05) is 0 Å². The average molecular weight is 340 g/mol. The molecule has 0 aliphatic carbocycles. The second kappa shape index (κ2) is 7.15. The molecule has 0 N–H and O–H groups in total. The molecule has 0 fully saturated rings. The van der Waals surface area contributed by atoms with Crippen LogP contribution in [0.25, 0.3) is 11.1 Å². The van der Waals surface area contributed by atoms with Crippen molar-refractivity contribution in [3.63, 3.8) is 0 Å². The molecule has 3 rings (SSSR count). The van der Waals surface area contributed by atoms with E-state index in [1.165, 1.54) is 38.8 Å². The molecule has 0 nitrogen and oxygen atoms in total. The molecule has 0 unspecified atom stereocenters. The largest absolute Gasteiger partial charge is 0.140 e. The fraction of sp³-hybridized carbons (Fsp3) is 0.280. The molecule has 0 radical (unpaired) electrons. The Bertz CT molecular complexity index is 919. The van der Waals surface area contributed by atoms with Gasteiger partial charge in [0, 0.05) is 5.41 Å². The predicted molar refractivity (Wildman–Crippen MR) is 117 cm³/mol. The highest BCUT2D eigenvalue weighted by Gasteiger charge is 2.27. The van der Waals surface area contributed by atoms with Crippen molar-refractivity contribution < 1.29 is 0 Å². The van der Waals surface area contributed by atoms with Crippen molar-refractivity contribution in [3.05, 3.63) is 89.0 Å². The molecule has 0 saturated heterocycles. The molecule has 0 amide bonds. The summed E-state index contributed by atoms with van der Waals surface area (Å²) >= 11 is 0. The molecule has 0 saturated carbocycles. The Labute approximate surface area is 159 Å². The van der Waals surface area contributed by atoms with Gasteiger partial charge < -0.3 is 0 Å².